The predicted molar refractivity (Wildman–Crippen MR) is 55.6 cm³/mol. The number of nitrogens with zero attached hydrogens (tertiary/aromatic N) is 1. The smallest absolute Gasteiger partial charge is 0.410 e. The van der Waals surface area contributed by atoms with E-state index >= 15 is 0 Å². The lowest BCUT2D eigenvalue weighted by molar-refractivity contribution is 0.0232. The third kappa shape index (κ3) is 2.73. The molecule has 1 rings (SSSR count). The van der Waals surface area contributed by atoms with Crippen LogP contribution in [0.5, 0.6) is 0 Å². The largest absolute Gasteiger partial charge is 0.461 e. The first-order valence-electron chi connectivity index (χ1n) is 5.09. The van der Waals surface area contributed by atoms with Gasteiger partial charge in [-0.3, -0.25) is 0 Å². The van der Waals surface area contributed by atoms with Crippen molar-refractivity contribution in [1.82, 2.24) is 0 Å². The maximum atomic E-state index is 8.78. The summed E-state index contributed by atoms with van der Waals surface area (Å²) in [5.41, 5.74) is 0.103. The maximum Gasteiger partial charge on any atom is 0.461 e. The Balaban J connectivity index is 2.46. The van der Waals surface area contributed by atoms with Gasteiger partial charge in [0.2, 0.25) is 0 Å². The van der Waals surface area contributed by atoms with Crippen LogP contribution in [0.25, 0.3) is 0 Å². The van der Waals surface area contributed by atoms with Crippen LogP contribution in [0.2, 0.25) is 5.82 Å². The van der Waals surface area contributed by atoms with Crippen molar-refractivity contribution >= 4 is 7.12 Å². The molecule has 2 unspecified atom stereocenters. The Morgan fingerprint density at radius 1 is 1.29 bits per heavy atom. The van der Waals surface area contributed by atoms with Crippen LogP contribution in [0.15, 0.2) is 0 Å². The second-order valence-corrected chi connectivity index (χ2v) is 4.93. The summed E-state index contributed by atoms with van der Waals surface area (Å²) in [7, 11) is -0.210. The highest BCUT2D eigenvalue weighted by Crippen LogP contribution is 2.29. The number of rotatable bonds is 2. The second kappa shape index (κ2) is 4.33. The summed E-state index contributed by atoms with van der Waals surface area (Å²) in [6, 6.07) is 2.22. The summed E-state index contributed by atoms with van der Waals surface area (Å²) in [5.74, 6) is 0.109. The lowest BCUT2D eigenvalue weighted by Crippen LogP contribution is -2.43. The Morgan fingerprint density at radius 2 is 1.79 bits per heavy atom. The highest BCUT2D eigenvalue weighted by atomic mass is 16.6. The Morgan fingerprint density at radius 3 is 2.21 bits per heavy atom. The van der Waals surface area contributed by atoms with Gasteiger partial charge >= 0.3 is 7.12 Å². The van der Waals surface area contributed by atoms with E-state index in [0.717, 1.165) is 0 Å². The zero-order chi connectivity index (χ0) is 10.8. The van der Waals surface area contributed by atoms with E-state index in [4.69, 9.17) is 14.6 Å². The van der Waals surface area contributed by atoms with Crippen molar-refractivity contribution in [2.75, 3.05) is 13.2 Å². The van der Waals surface area contributed by atoms with Crippen LogP contribution in [0.1, 0.15) is 27.7 Å². The van der Waals surface area contributed by atoms with Gasteiger partial charge in [0.05, 0.1) is 6.07 Å². The van der Waals surface area contributed by atoms with Crippen LogP contribution in [0.3, 0.4) is 0 Å². The molecule has 78 valence electrons. The minimum Gasteiger partial charge on any atom is -0.410 e. The van der Waals surface area contributed by atoms with Crippen LogP contribution in [-0.4, -0.2) is 20.3 Å². The number of hydrogen-bond acceptors (Lipinski definition) is 3. The van der Waals surface area contributed by atoms with Gasteiger partial charge in [0, 0.05) is 30.4 Å². The monoisotopic (exact) mass is 195 g/mol. The molecule has 1 saturated heterocycles. The van der Waals surface area contributed by atoms with E-state index in [-0.39, 0.29) is 24.3 Å². The fraction of sp³-hybridized carbons (Fsp3) is 0.900. The highest BCUT2D eigenvalue weighted by molar-refractivity contribution is 6.46. The van der Waals surface area contributed by atoms with E-state index in [1.807, 2.05) is 13.8 Å². The molecule has 1 aliphatic heterocycles. The average Bonchev–Trinajstić information content (AvgIpc) is 2.15. The standard InChI is InChI=1S/C10H18BNO2/c1-8(5-12)9(2)11-13-6-10(3,4)7-14-11/h8-9H,6-7H2,1-4H3. The Hall–Kier alpha value is -0.525. The summed E-state index contributed by atoms with van der Waals surface area (Å²) in [6.07, 6.45) is 0. The highest BCUT2D eigenvalue weighted by Gasteiger charge is 2.37. The second-order valence-electron chi connectivity index (χ2n) is 4.93. The van der Waals surface area contributed by atoms with Gasteiger partial charge in [-0.2, -0.15) is 5.26 Å². The van der Waals surface area contributed by atoms with Gasteiger partial charge in [-0.15, -0.1) is 0 Å². The van der Waals surface area contributed by atoms with Crippen molar-refractivity contribution in [2.45, 2.75) is 33.5 Å². The van der Waals surface area contributed by atoms with E-state index in [9.17, 15) is 0 Å². The van der Waals surface area contributed by atoms with E-state index in [0.29, 0.717) is 13.2 Å². The zero-order valence-corrected chi connectivity index (χ0v) is 9.41. The average molecular weight is 195 g/mol. The van der Waals surface area contributed by atoms with E-state index < -0.39 is 0 Å². The quantitative estimate of drug-likeness (QED) is 0.633. The summed E-state index contributed by atoms with van der Waals surface area (Å²) >= 11 is 0. The summed E-state index contributed by atoms with van der Waals surface area (Å²) in [6.45, 7) is 9.54. The van der Waals surface area contributed by atoms with Gasteiger partial charge in [-0.05, 0) is 6.92 Å². The first-order chi connectivity index (χ1) is 6.46. The molecule has 4 heteroatoms. The first kappa shape index (κ1) is 11.5. The topological polar surface area (TPSA) is 42.2 Å². The van der Waals surface area contributed by atoms with Gasteiger partial charge in [0.15, 0.2) is 0 Å². The molecule has 0 aromatic heterocycles. The van der Waals surface area contributed by atoms with Gasteiger partial charge < -0.3 is 9.31 Å². The van der Waals surface area contributed by atoms with Crippen molar-refractivity contribution in [3.8, 4) is 6.07 Å². The van der Waals surface area contributed by atoms with Crippen molar-refractivity contribution in [3.05, 3.63) is 0 Å². The Kier molecular flexibility index (Phi) is 3.57. The summed E-state index contributed by atoms with van der Waals surface area (Å²) < 4.78 is 11.2. The lowest BCUT2D eigenvalue weighted by Gasteiger charge is -2.35. The molecule has 0 amide bonds. The minimum atomic E-state index is -0.210. The SMILES string of the molecule is CC(C#N)C(C)B1OCC(C)(C)CO1. The number of nitriles is 1. The first-order valence-corrected chi connectivity index (χ1v) is 5.09. The molecule has 1 aliphatic rings. The van der Waals surface area contributed by atoms with Crippen LogP contribution in [-0.2, 0) is 9.31 Å². The molecule has 0 aromatic rings. The Bertz CT molecular complexity index is 227. The summed E-state index contributed by atoms with van der Waals surface area (Å²) in [5, 5.41) is 8.78. The molecule has 2 atom stereocenters. The fourth-order valence-electron chi connectivity index (χ4n) is 1.36. The molecule has 14 heavy (non-hydrogen) atoms. The molecule has 0 spiro atoms. The normalized spacial score (nSPS) is 25.2. The van der Waals surface area contributed by atoms with Crippen LogP contribution in [0.4, 0.5) is 0 Å². The van der Waals surface area contributed by atoms with Crippen molar-refractivity contribution in [1.29, 1.82) is 5.26 Å². The predicted octanol–water partition coefficient (Wildman–Crippen LogP) is 2.10. The van der Waals surface area contributed by atoms with Crippen molar-refractivity contribution < 1.29 is 9.31 Å². The Labute approximate surface area is 86.5 Å². The lowest BCUT2D eigenvalue weighted by atomic mass is 9.65. The number of hydrogen-bond donors (Lipinski definition) is 0. The van der Waals surface area contributed by atoms with E-state index in [2.05, 4.69) is 19.9 Å². The molecule has 0 aliphatic carbocycles. The molecule has 1 fully saturated rings. The third-order valence-electron chi connectivity index (χ3n) is 2.70. The third-order valence-corrected chi connectivity index (χ3v) is 2.70. The molecule has 0 saturated carbocycles. The van der Waals surface area contributed by atoms with Crippen LogP contribution >= 0.6 is 0 Å². The van der Waals surface area contributed by atoms with E-state index in [1.165, 1.54) is 0 Å². The molecule has 3 nitrogen and oxygen atoms in total. The van der Waals surface area contributed by atoms with Gasteiger partial charge in [0.1, 0.15) is 0 Å². The van der Waals surface area contributed by atoms with Crippen LogP contribution in [0, 0.1) is 22.7 Å². The molecule has 0 N–H and O–H groups in total. The molecule has 0 bridgehead atoms. The maximum absolute atomic E-state index is 8.78. The summed E-state index contributed by atoms with van der Waals surface area (Å²) in [4.78, 5) is 0. The van der Waals surface area contributed by atoms with Crippen molar-refractivity contribution in [2.24, 2.45) is 11.3 Å². The molecule has 0 aromatic carbocycles. The van der Waals surface area contributed by atoms with Gasteiger partial charge in [-0.25, -0.2) is 0 Å². The van der Waals surface area contributed by atoms with Crippen LogP contribution < -0.4 is 0 Å². The minimum absolute atomic E-state index is 0.0267. The molecular formula is C10H18BNO2. The fourth-order valence-corrected chi connectivity index (χ4v) is 1.36. The van der Waals surface area contributed by atoms with Gasteiger partial charge in [0.25, 0.3) is 0 Å². The molecule has 0 radical (unpaired) electrons. The van der Waals surface area contributed by atoms with E-state index in [1.54, 1.807) is 0 Å². The van der Waals surface area contributed by atoms with Gasteiger partial charge in [-0.1, -0.05) is 20.8 Å². The van der Waals surface area contributed by atoms with Crippen molar-refractivity contribution in [3.63, 3.8) is 0 Å². The zero-order valence-electron chi connectivity index (χ0n) is 9.41. The molecular weight excluding hydrogens is 177 g/mol. The molecule has 1 heterocycles.